The molecule has 130 valence electrons. The Labute approximate surface area is 147 Å². The van der Waals surface area contributed by atoms with E-state index in [0.717, 1.165) is 30.1 Å². The molecule has 6 nitrogen and oxygen atoms in total. The van der Waals surface area contributed by atoms with E-state index in [0.29, 0.717) is 5.69 Å². The summed E-state index contributed by atoms with van der Waals surface area (Å²) in [5, 5.41) is 4.01. The maximum absolute atomic E-state index is 11.9. The Morgan fingerprint density at radius 3 is 2.80 bits per heavy atom. The van der Waals surface area contributed by atoms with Gasteiger partial charge in [0.15, 0.2) is 0 Å². The number of nitrogens with one attached hydrogen (secondary N) is 1. The SMILES string of the molecule is COc1cc(N2CCCCC2)ccc1/C=N\NC(=O)c1ccccn1. The van der Waals surface area contributed by atoms with E-state index < -0.39 is 0 Å². The van der Waals surface area contributed by atoms with Gasteiger partial charge in [-0.3, -0.25) is 9.78 Å². The van der Waals surface area contributed by atoms with Crippen molar-refractivity contribution in [3.8, 4) is 5.75 Å². The fourth-order valence-corrected chi connectivity index (χ4v) is 2.87. The third-order valence-electron chi connectivity index (χ3n) is 4.21. The van der Waals surface area contributed by atoms with Crippen LogP contribution >= 0.6 is 0 Å². The summed E-state index contributed by atoms with van der Waals surface area (Å²) >= 11 is 0. The van der Waals surface area contributed by atoms with Crippen LogP contribution in [-0.2, 0) is 0 Å². The van der Waals surface area contributed by atoms with E-state index in [4.69, 9.17) is 4.74 Å². The lowest BCUT2D eigenvalue weighted by Crippen LogP contribution is -2.29. The molecule has 0 radical (unpaired) electrons. The standard InChI is InChI=1S/C19H22N4O2/c1-25-18-13-16(23-11-5-2-6-12-23)9-8-15(18)14-21-22-19(24)17-7-3-4-10-20-17/h3-4,7-10,13-14H,2,5-6,11-12H2,1H3,(H,22,24)/b21-14-. The van der Waals surface area contributed by atoms with Crippen molar-refractivity contribution >= 4 is 17.8 Å². The summed E-state index contributed by atoms with van der Waals surface area (Å²) in [4.78, 5) is 18.3. The molecular formula is C19H22N4O2. The van der Waals surface area contributed by atoms with Crippen molar-refractivity contribution in [1.29, 1.82) is 0 Å². The Morgan fingerprint density at radius 2 is 2.08 bits per heavy atom. The molecule has 1 aliphatic rings. The van der Waals surface area contributed by atoms with E-state index in [1.165, 1.54) is 19.3 Å². The van der Waals surface area contributed by atoms with Crippen molar-refractivity contribution < 1.29 is 9.53 Å². The molecule has 1 fully saturated rings. The molecule has 0 saturated carbocycles. The third-order valence-corrected chi connectivity index (χ3v) is 4.21. The predicted molar refractivity (Wildman–Crippen MR) is 98.4 cm³/mol. The summed E-state index contributed by atoms with van der Waals surface area (Å²) in [5.74, 6) is 0.389. The van der Waals surface area contributed by atoms with Crippen LogP contribution < -0.4 is 15.1 Å². The zero-order valence-electron chi connectivity index (χ0n) is 14.3. The van der Waals surface area contributed by atoms with Crippen molar-refractivity contribution in [1.82, 2.24) is 10.4 Å². The quantitative estimate of drug-likeness (QED) is 0.672. The predicted octanol–water partition coefficient (Wildman–Crippen LogP) is 2.84. The summed E-state index contributed by atoms with van der Waals surface area (Å²) in [6.07, 6.45) is 6.91. The molecule has 1 aliphatic heterocycles. The molecule has 1 aromatic heterocycles. The fourth-order valence-electron chi connectivity index (χ4n) is 2.87. The van der Waals surface area contributed by atoms with Crippen molar-refractivity contribution in [3.05, 3.63) is 53.9 Å². The molecule has 0 unspecified atom stereocenters. The maximum Gasteiger partial charge on any atom is 0.289 e. The van der Waals surface area contributed by atoms with E-state index in [1.54, 1.807) is 37.7 Å². The van der Waals surface area contributed by atoms with Gasteiger partial charge in [0.25, 0.3) is 5.91 Å². The number of anilines is 1. The molecule has 1 aromatic carbocycles. The second kappa shape index (κ2) is 8.28. The Bertz CT molecular complexity index is 740. The van der Waals surface area contributed by atoms with Gasteiger partial charge >= 0.3 is 0 Å². The first kappa shape index (κ1) is 17.0. The highest BCUT2D eigenvalue weighted by Gasteiger charge is 2.13. The first-order valence-corrected chi connectivity index (χ1v) is 8.45. The number of rotatable bonds is 5. The van der Waals surface area contributed by atoms with Crippen LogP contribution in [0, 0.1) is 0 Å². The summed E-state index contributed by atoms with van der Waals surface area (Å²) in [6, 6.07) is 11.2. The van der Waals surface area contributed by atoms with Crippen LogP contribution in [-0.4, -0.2) is 37.3 Å². The molecule has 0 aliphatic carbocycles. The molecule has 1 amide bonds. The molecular weight excluding hydrogens is 316 g/mol. The molecule has 25 heavy (non-hydrogen) atoms. The number of ether oxygens (including phenoxy) is 1. The Hall–Kier alpha value is -2.89. The van der Waals surface area contributed by atoms with E-state index in [1.807, 2.05) is 12.1 Å². The van der Waals surface area contributed by atoms with Crippen molar-refractivity contribution in [2.24, 2.45) is 5.10 Å². The lowest BCUT2D eigenvalue weighted by atomic mass is 10.1. The zero-order valence-corrected chi connectivity index (χ0v) is 14.3. The molecule has 2 aromatic rings. The van der Waals surface area contributed by atoms with Gasteiger partial charge in [-0.05, 0) is 43.5 Å². The van der Waals surface area contributed by atoms with Crippen LogP contribution in [0.1, 0.15) is 35.3 Å². The molecule has 1 saturated heterocycles. The van der Waals surface area contributed by atoms with Gasteiger partial charge in [0.2, 0.25) is 0 Å². The number of hydrogen-bond donors (Lipinski definition) is 1. The molecule has 6 heteroatoms. The van der Waals surface area contributed by atoms with E-state index in [-0.39, 0.29) is 5.91 Å². The van der Waals surface area contributed by atoms with Crippen LogP contribution in [0.3, 0.4) is 0 Å². The highest BCUT2D eigenvalue weighted by atomic mass is 16.5. The molecule has 0 atom stereocenters. The fraction of sp³-hybridized carbons (Fsp3) is 0.316. The first-order valence-electron chi connectivity index (χ1n) is 8.45. The number of aromatic nitrogens is 1. The number of nitrogens with zero attached hydrogens (tertiary/aromatic N) is 3. The van der Waals surface area contributed by atoms with Gasteiger partial charge in [-0.25, -0.2) is 5.43 Å². The second-order valence-corrected chi connectivity index (χ2v) is 5.89. The monoisotopic (exact) mass is 338 g/mol. The lowest BCUT2D eigenvalue weighted by Gasteiger charge is -2.29. The molecule has 2 heterocycles. The lowest BCUT2D eigenvalue weighted by molar-refractivity contribution is 0.0950. The van der Waals surface area contributed by atoms with Crippen LogP contribution in [0.25, 0.3) is 0 Å². The minimum atomic E-state index is -0.347. The average molecular weight is 338 g/mol. The number of benzene rings is 1. The average Bonchev–Trinajstić information content (AvgIpc) is 2.69. The Kier molecular flexibility index (Phi) is 5.61. The third kappa shape index (κ3) is 4.35. The maximum atomic E-state index is 11.9. The van der Waals surface area contributed by atoms with Gasteiger partial charge in [-0.15, -0.1) is 0 Å². The number of amides is 1. The topological polar surface area (TPSA) is 66.8 Å². The zero-order chi connectivity index (χ0) is 17.5. The number of hydrazone groups is 1. The molecule has 0 spiro atoms. The number of hydrogen-bond acceptors (Lipinski definition) is 5. The number of pyridine rings is 1. The van der Waals surface area contributed by atoms with Crippen molar-refractivity contribution in [2.45, 2.75) is 19.3 Å². The largest absolute Gasteiger partial charge is 0.496 e. The van der Waals surface area contributed by atoms with Crippen LogP contribution in [0.4, 0.5) is 5.69 Å². The van der Waals surface area contributed by atoms with Gasteiger partial charge in [0.1, 0.15) is 11.4 Å². The number of methoxy groups -OCH3 is 1. The number of carbonyl (C=O) groups is 1. The summed E-state index contributed by atoms with van der Waals surface area (Å²) in [5.41, 5.74) is 4.77. The van der Waals surface area contributed by atoms with Crippen LogP contribution in [0.2, 0.25) is 0 Å². The minimum Gasteiger partial charge on any atom is -0.496 e. The highest BCUT2D eigenvalue weighted by molar-refractivity contribution is 5.93. The molecule has 3 rings (SSSR count). The highest BCUT2D eigenvalue weighted by Crippen LogP contribution is 2.26. The normalized spacial score (nSPS) is 14.5. The second-order valence-electron chi connectivity index (χ2n) is 5.89. The number of piperidine rings is 1. The first-order chi connectivity index (χ1) is 12.3. The smallest absolute Gasteiger partial charge is 0.289 e. The van der Waals surface area contributed by atoms with Crippen LogP contribution in [0.15, 0.2) is 47.7 Å². The van der Waals surface area contributed by atoms with Gasteiger partial charge in [-0.2, -0.15) is 5.10 Å². The van der Waals surface area contributed by atoms with Crippen LogP contribution in [0.5, 0.6) is 5.75 Å². The summed E-state index contributed by atoms with van der Waals surface area (Å²) < 4.78 is 5.48. The van der Waals surface area contributed by atoms with E-state index in [2.05, 4.69) is 26.5 Å². The van der Waals surface area contributed by atoms with Crippen molar-refractivity contribution in [2.75, 3.05) is 25.1 Å². The van der Waals surface area contributed by atoms with Gasteiger partial charge in [-0.1, -0.05) is 6.07 Å². The Balaban J connectivity index is 1.68. The van der Waals surface area contributed by atoms with Crippen molar-refractivity contribution in [3.63, 3.8) is 0 Å². The summed E-state index contributed by atoms with van der Waals surface area (Å²) in [7, 11) is 1.64. The van der Waals surface area contributed by atoms with E-state index >= 15 is 0 Å². The Morgan fingerprint density at radius 1 is 1.24 bits per heavy atom. The minimum absolute atomic E-state index is 0.326. The number of carbonyl (C=O) groups excluding carboxylic acids is 1. The van der Waals surface area contributed by atoms with E-state index in [9.17, 15) is 4.79 Å². The molecule has 0 bridgehead atoms. The van der Waals surface area contributed by atoms with Gasteiger partial charge in [0.05, 0.1) is 13.3 Å². The van der Waals surface area contributed by atoms with Gasteiger partial charge in [0, 0.05) is 36.6 Å². The van der Waals surface area contributed by atoms with Gasteiger partial charge < -0.3 is 9.64 Å². The molecule has 1 N–H and O–H groups in total. The summed E-state index contributed by atoms with van der Waals surface area (Å²) in [6.45, 7) is 2.16.